The van der Waals surface area contributed by atoms with Crippen molar-refractivity contribution in [3.8, 4) is 0 Å². The summed E-state index contributed by atoms with van der Waals surface area (Å²) in [4.78, 5) is 12.0. The third-order valence-electron chi connectivity index (χ3n) is 2.60. The van der Waals surface area contributed by atoms with Crippen molar-refractivity contribution in [1.82, 2.24) is 5.32 Å². The van der Waals surface area contributed by atoms with Gasteiger partial charge in [-0.05, 0) is 33.8 Å². The van der Waals surface area contributed by atoms with Crippen molar-refractivity contribution in [2.24, 2.45) is 5.41 Å². The van der Waals surface area contributed by atoms with Crippen LogP contribution in [0.15, 0.2) is 15.2 Å². The maximum atomic E-state index is 12.0. The molecule has 2 N–H and O–H groups in total. The van der Waals surface area contributed by atoms with Crippen molar-refractivity contribution in [3.05, 3.63) is 20.8 Å². The first-order chi connectivity index (χ1) is 7.84. The second-order valence-electron chi connectivity index (χ2n) is 5.04. The highest BCUT2D eigenvalue weighted by atomic mass is 79.9. The summed E-state index contributed by atoms with van der Waals surface area (Å²) in [6.07, 6.45) is 0.570. The first-order valence-electron chi connectivity index (χ1n) is 5.50. The Hall–Kier alpha value is -0.390. The smallest absolute Gasteiger partial charge is 0.252 e. The number of nitrogens with one attached hydrogen (secondary N) is 1. The molecule has 1 amide bonds. The van der Waals surface area contributed by atoms with Gasteiger partial charge < -0.3 is 10.4 Å². The van der Waals surface area contributed by atoms with E-state index in [-0.39, 0.29) is 24.0 Å². The molecule has 0 radical (unpaired) electrons. The molecule has 0 bridgehead atoms. The number of rotatable bonds is 4. The lowest BCUT2D eigenvalue weighted by molar-refractivity contribution is 0.0885. The molecule has 1 rings (SSSR count). The van der Waals surface area contributed by atoms with E-state index in [0.717, 1.165) is 3.79 Å². The van der Waals surface area contributed by atoms with Crippen LogP contribution in [0.2, 0.25) is 0 Å². The molecule has 96 valence electrons. The van der Waals surface area contributed by atoms with Crippen LogP contribution in [0, 0.1) is 5.41 Å². The summed E-state index contributed by atoms with van der Waals surface area (Å²) < 4.78 is 0.942. The Morgan fingerprint density at radius 2 is 2.24 bits per heavy atom. The predicted molar refractivity (Wildman–Crippen MR) is 74.4 cm³/mol. The second kappa shape index (κ2) is 5.98. The first-order valence-corrected chi connectivity index (χ1v) is 7.17. The molecule has 0 saturated carbocycles. The van der Waals surface area contributed by atoms with E-state index >= 15 is 0 Å². The van der Waals surface area contributed by atoms with E-state index in [1.807, 2.05) is 5.38 Å². The van der Waals surface area contributed by atoms with Gasteiger partial charge in [-0.3, -0.25) is 4.79 Å². The van der Waals surface area contributed by atoms with Gasteiger partial charge in [-0.2, -0.15) is 0 Å². The fraction of sp³-hybridized carbons (Fsp3) is 0.583. The van der Waals surface area contributed by atoms with Crippen LogP contribution in [-0.2, 0) is 0 Å². The molecule has 17 heavy (non-hydrogen) atoms. The van der Waals surface area contributed by atoms with Crippen LogP contribution in [0.1, 0.15) is 37.6 Å². The molecule has 1 aromatic rings. The number of aliphatic hydroxyl groups is 1. The van der Waals surface area contributed by atoms with Gasteiger partial charge in [0.1, 0.15) is 0 Å². The summed E-state index contributed by atoms with van der Waals surface area (Å²) in [6, 6.07) is 1.78. The van der Waals surface area contributed by atoms with Gasteiger partial charge in [-0.1, -0.05) is 20.8 Å². The van der Waals surface area contributed by atoms with Gasteiger partial charge in [0, 0.05) is 18.0 Å². The van der Waals surface area contributed by atoms with Crippen LogP contribution in [-0.4, -0.2) is 23.7 Å². The zero-order valence-corrected chi connectivity index (χ0v) is 12.7. The summed E-state index contributed by atoms with van der Waals surface area (Å²) in [7, 11) is 0. The number of halogens is 1. The number of amides is 1. The van der Waals surface area contributed by atoms with Gasteiger partial charge in [0.15, 0.2) is 0 Å². The van der Waals surface area contributed by atoms with Crippen molar-refractivity contribution >= 4 is 33.2 Å². The van der Waals surface area contributed by atoms with Crippen LogP contribution in [0.5, 0.6) is 0 Å². The molecule has 0 saturated heterocycles. The molecule has 0 spiro atoms. The molecule has 0 aliphatic carbocycles. The molecule has 0 fully saturated rings. The normalized spacial score (nSPS) is 13.5. The summed E-state index contributed by atoms with van der Waals surface area (Å²) in [5, 5.41) is 13.8. The number of hydrogen-bond acceptors (Lipinski definition) is 3. The molecule has 0 aromatic carbocycles. The molecule has 0 aliphatic heterocycles. The van der Waals surface area contributed by atoms with Crippen molar-refractivity contribution in [3.63, 3.8) is 0 Å². The van der Waals surface area contributed by atoms with Crippen LogP contribution < -0.4 is 5.32 Å². The number of aliphatic hydroxyl groups excluding tert-OH is 1. The van der Waals surface area contributed by atoms with Crippen molar-refractivity contribution < 1.29 is 9.90 Å². The lowest BCUT2D eigenvalue weighted by atomic mass is 9.85. The topological polar surface area (TPSA) is 49.3 Å². The molecular formula is C12H18BrNO2S. The zero-order chi connectivity index (χ0) is 13.1. The van der Waals surface area contributed by atoms with E-state index in [1.54, 1.807) is 6.07 Å². The Balaban J connectivity index is 2.71. The summed E-state index contributed by atoms with van der Waals surface area (Å²) in [5.74, 6) is -0.0830. The molecular weight excluding hydrogens is 302 g/mol. The van der Waals surface area contributed by atoms with E-state index in [2.05, 4.69) is 42.0 Å². The molecule has 1 unspecified atom stereocenters. The summed E-state index contributed by atoms with van der Waals surface area (Å²) >= 11 is 4.82. The number of thiophene rings is 1. The van der Waals surface area contributed by atoms with Crippen LogP contribution in [0.4, 0.5) is 0 Å². The number of carbonyl (C=O) groups is 1. The Labute approximate surface area is 114 Å². The lowest BCUT2D eigenvalue weighted by Crippen LogP contribution is -2.44. The third kappa shape index (κ3) is 4.41. The summed E-state index contributed by atoms with van der Waals surface area (Å²) in [5.41, 5.74) is 0.597. The van der Waals surface area contributed by atoms with Crippen LogP contribution >= 0.6 is 27.3 Å². The average Bonchev–Trinajstić information content (AvgIpc) is 2.62. The fourth-order valence-corrected chi connectivity index (χ4v) is 2.66. The Morgan fingerprint density at radius 3 is 2.65 bits per heavy atom. The zero-order valence-electron chi connectivity index (χ0n) is 10.3. The van der Waals surface area contributed by atoms with Crippen LogP contribution in [0.3, 0.4) is 0 Å². The molecule has 1 atom stereocenters. The lowest BCUT2D eigenvalue weighted by Gasteiger charge is -2.31. The monoisotopic (exact) mass is 319 g/mol. The van der Waals surface area contributed by atoms with E-state index in [9.17, 15) is 4.79 Å². The average molecular weight is 320 g/mol. The van der Waals surface area contributed by atoms with E-state index in [4.69, 9.17) is 5.11 Å². The highest BCUT2D eigenvalue weighted by molar-refractivity contribution is 9.11. The second-order valence-corrected chi connectivity index (χ2v) is 7.33. The quantitative estimate of drug-likeness (QED) is 0.896. The minimum atomic E-state index is -0.0830. The predicted octanol–water partition coefficient (Wildman–Crippen LogP) is 3.04. The Kier molecular flexibility index (Phi) is 5.16. The van der Waals surface area contributed by atoms with E-state index in [0.29, 0.717) is 12.0 Å². The van der Waals surface area contributed by atoms with Gasteiger partial charge in [0.25, 0.3) is 5.91 Å². The first kappa shape index (κ1) is 14.7. The maximum absolute atomic E-state index is 12.0. The highest BCUT2D eigenvalue weighted by Crippen LogP contribution is 2.24. The van der Waals surface area contributed by atoms with Gasteiger partial charge >= 0.3 is 0 Å². The minimum absolute atomic E-state index is 0.0290. The van der Waals surface area contributed by atoms with Crippen molar-refractivity contribution in [1.29, 1.82) is 0 Å². The van der Waals surface area contributed by atoms with E-state index < -0.39 is 0 Å². The number of hydrogen-bond donors (Lipinski definition) is 2. The molecule has 5 heteroatoms. The van der Waals surface area contributed by atoms with E-state index in [1.165, 1.54) is 11.3 Å². The SMILES string of the molecule is CC(C)(C)C(CCO)NC(=O)c1csc(Br)c1. The van der Waals surface area contributed by atoms with Crippen LogP contribution in [0.25, 0.3) is 0 Å². The fourth-order valence-electron chi connectivity index (χ4n) is 1.52. The standard InChI is InChI=1S/C12H18BrNO2S/c1-12(2,3)9(4-5-15)14-11(16)8-6-10(13)17-7-8/h6-7,9,15H,4-5H2,1-3H3,(H,14,16). The largest absolute Gasteiger partial charge is 0.396 e. The van der Waals surface area contributed by atoms with Gasteiger partial charge in [0.05, 0.1) is 9.35 Å². The summed E-state index contributed by atoms with van der Waals surface area (Å²) in [6.45, 7) is 6.24. The molecule has 3 nitrogen and oxygen atoms in total. The van der Waals surface area contributed by atoms with Crippen molar-refractivity contribution in [2.45, 2.75) is 33.2 Å². The Bertz CT molecular complexity index is 384. The Morgan fingerprint density at radius 1 is 1.59 bits per heavy atom. The van der Waals surface area contributed by atoms with Gasteiger partial charge in [0.2, 0.25) is 0 Å². The molecule has 0 aliphatic rings. The third-order valence-corrected chi connectivity index (χ3v) is 4.10. The van der Waals surface area contributed by atoms with Crippen molar-refractivity contribution in [2.75, 3.05) is 6.61 Å². The maximum Gasteiger partial charge on any atom is 0.252 e. The number of carbonyl (C=O) groups excluding carboxylic acids is 1. The minimum Gasteiger partial charge on any atom is -0.396 e. The molecule has 1 aromatic heterocycles. The highest BCUT2D eigenvalue weighted by Gasteiger charge is 2.26. The van der Waals surface area contributed by atoms with Gasteiger partial charge in [-0.15, -0.1) is 11.3 Å². The van der Waals surface area contributed by atoms with Gasteiger partial charge in [-0.25, -0.2) is 0 Å². The molecule has 1 heterocycles.